The van der Waals surface area contributed by atoms with Crippen LogP contribution in [0.1, 0.15) is 26.2 Å². The number of aliphatic imine (C=N–C) groups is 1. The molecule has 4 heteroatoms. The average molecular weight is 224 g/mol. The normalized spacial score (nSPS) is 26.3. The van der Waals surface area contributed by atoms with E-state index in [1.165, 1.54) is 38.9 Å². The molecule has 1 fully saturated rings. The molecule has 2 N–H and O–H groups in total. The zero-order valence-corrected chi connectivity index (χ0v) is 10.3. The van der Waals surface area contributed by atoms with Gasteiger partial charge in [-0.05, 0) is 38.3 Å². The summed E-state index contributed by atoms with van der Waals surface area (Å²) in [5, 5.41) is 6.74. The van der Waals surface area contributed by atoms with Crippen LogP contribution in [0.3, 0.4) is 0 Å². The van der Waals surface area contributed by atoms with Gasteiger partial charge < -0.3 is 15.5 Å². The van der Waals surface area contributed by atoms with Crippen LogP contribution in [-0.4, -0.2) is 50.1 Å². The monoisotopic (exact) mass is 224 g/mol. The van der Waals surface area contributed by atoms with E-state index in [2.05, 4.69) is 27.4 Å². The SMILES string of the molecule is CCCN1CCC(CNC2=NCCCN2)C1. The lowest BCUT2D eigenvalue weighted by atomic mass is 10.1. The predicted molar refractivity (Wildman–Crippen MR) is 67.8 cm³/mol. The quantitative estimate of drug-likeness (QED) is 0.737. The lowest BCUT2D eigenvalue weighted by Gasteiger charge is -2.19. The van der Waals surface area contributed by atoms with Crippen molar-refractivity contribution in [3.05, 3.63) is 0 Å². The Bertz CT molecular complexity index is 239. The molecule has 1 unspecified atom stereocenters. The Morgan fingerprint density at radius 3 is 3.25 bits per heavy atom. The van der Waals surface area contributed by atoms with Crippen LogP contribution in [0, 0.1) is 5.92 Å². The fourth-order valence-electron chi connectivity index (χ4n) is 2.49. The molecule has 2 aliphatic rings. The Kier molecular flexibility index (Phi) is 4.45. The minimum atomic E-state index is 0.804. The minimum Gasteiger partial charge on any atom is -0.356 e. The van der Waals surface area contributed by atoms with Gasteiger partial charge in [0.25, 0.3) is 0 Å². The van der Waals surface area contributed by atoms with Crippen molar-refractivity contribution in [3.8, 4) is 0 Å². The Labute approximate surface area is 98.5 Å². The van der Waals surface area contributed by atoms with Crippen LogP contribution < -0.4 is 10.6 Å². The second-order valence-corrected chi connectivity index (χ2v) is 4.85. The van der Waals surface area contributed by atoms with E-state index >= 15 is 0 Å². The molecule has 92 valence electrons. The van der Waals surface area contributed by atoms with Crippen molar-refractivity contribution in [2.75, 3.05) is 39.3 Å². The van der Waals surface area contributed by atoms with Gasteiger partial charge in [0, 0.05) is 26.2 Å². The first-order valence-electron chi connectivity index (χ1n) is 6.63. The van der Waals surface area contributed by atoms with E-state index in [1.807, 2.05) is 0 Å². The number of likely N-dealkylation sites (tertiary alicyclic amines) is 1. The van der Waals surface area contributed by atoms with Gasteiger partial charge in [0.05, 0.1) is 0 Å². The zero-order chi connectivity index (χ0) is 11.2. The molecule has 0 aromatic rings. The maximum atomic E-state index is 4.43. The third kappa shape index (κ3) is 3.37. The lowest BCUT2D eigenvalue weighted by molar-refractivity contribution is 0.324. The largest absolute Gasteiger partial charge is 0.356 e. The van der Waals surface area contributed by atoms with Gasteiger partial charge in [-0.15, -0.1) is 0 Å². The van der Waals surface area contributed by atoms with Crippen molar-refractivity contribution in [2.24, 2.45) is 10.9 Å². The molecule has 0 radical (unpaired) electrons. The summed E-state index contributed by atoms with van der Waals surface area (Å²) in [4.78, 5) is 7.00. The Hall–Kier alpha value is -0.770. The average Bonchev–Trinajstić information content (AvgIpc) is 2.76. The first kappa shape index (κ1) is 11.7. The van der Waals surface area contributed by atoms with Crippen molar-refractivity contribution < 1.29 is 0 Å². The highest BCUT2D eigenvalue weighted by Crippen LogP contribution is 2.15. The maximum Gasteiger partial charge on any atom is 0.191 e. The minimum absolute atomic E-state index is 0.804. The lowest BCUT2D eigenvalue weighted by Crippen LogP contribution is -2.43. The molecule has 0 amide bonds. The second kappa shape index (κ2) is 6.09. The Balaban J connectivity index is 1.65. The molecule has 2 rings (SSSR count). The van der Waals surface area contributed by atoms with Crippen molar-refractivity contribution in [1.29, 1.82) is 0 Å². The van der Waals surface area contributed by atoms with Crippen LogP contribution in [0.2, 0.25) is 0 Å². The number of guanidine groups is 1. The molecule has 0 aliphatic carbocycles. The van der Waals surface area contributed by atoms with Gasteiger partial charge in [-0.3, -0.25) is 4.99 Å². The third-order valence-corrected chi connectivity index (χ3v) is 3.37. The molecule has 2 heterocycles. The topological polar surface area (TPSA) is 39.7 Å². The van der Waals surface area contributed by atoms with Gasteiger partial charge in [-0.25, -0.2) is 0 Å². The molecule has 1 atom stereocenters. The molecule has 16 heavy (non-hydrogen) atoms. The molecular weight excluding hydrogens is 200 g/mol. The molecule has 0 aromatic heterocycles. The summed E-state index contributed by atoms with van der Waals surface area (Å²) in [6.07, 6.45) is 3.77. The summed E-state index contributed by atoms with van der Waals surface area (Å²) in [5.41, 5.74) is 0. The number of rotatable bonds is 4. The summed E-state index contributed by atoms with van der Waals surface area (Å²) in [6, 6.07) is 0. The Morgan fingerprint density at radius 1 is 1.56 bits per heavy atom. The molecule has 0 spiro atoms. The van der Waals surface area contributed by atoms with Gasteiger partial charge in [0.2, 0.25) is 0 Å². The van der Waals surface area contributed by atoms with E-state index in [9.17, 15) is 0 Å². The standard InChI is InChI=1S/C12H24N4/c1-2-7-16-8-4-11(10-16)9-15-12-13-5-3-6-14-12/h11H,2-10H2,1H3,(H2,13,14,15). The predicted octanol–water partition coefficient (Wildman–Crippen LogP) is 0.657. The highest BCUT2D eigenvalue weighted by Gasteiger charge is 2.21. The smallest absolute Gasteiger partial charge is 0.191 e. The molecule has 1 saturated heterocycles. The van der Waals surface area contributed by atoms with E-state index in [1.54, 1.807) is 0 Å². The highest BCUT2D eigenvalue weighted by molar-refractivity contribution is 5.80. The zero-order valence-electron chi connectivity index (χ0n) is 10.3. The number of hydrogen-bond donors (Lipinski definition) is 2. The van der Waals surface area contributed by atoms with Gasteiger partial charge >= 0.3 is 0 Å². The van der Waals surface area contributed by atoms with E-state index in [4.69, 9.17) is 0 Å². The van der Waals surface area contributed by atoms with Crippen LogP contribution in [-0.2, 0) is 0 Å². The van der Waals surface area contributed by atoms with Crippen LogP contribution in [0.15, 0.2) is 4.99 Å². The summed E-state index contributed by atoms with van der Waals surface area (Å²) in [6.45, 7) is 9.17. The van der Waals surface area contributed by atoms with E-state index in [0.29, 0.717) is 0 Å². The van der Waals surface area contributed by atoms with E-state index in [-0.39, 0.29) is 0 Å². The second-order valence-electron chi connectivity index (χ2n) is 4.85. The summed E-state index contributed by atoms with van der Waals surface area (Å²) >= 11 is 0. The van der Waals surface area contributed by atoms with Gasteiger partial charge in [0.15, 0.2) is 5.96 Å². The van der Waals surface area contributed by atoms with Crippen molar-refractivity contribution in [1.82, 2.24) is 15.5 Å². The number of nitrogens with zero attached hydrogens (tertiary/aromatic N) is 2. The number of nitrogens with one attached hydrogen (secondary N) is 2. The van der Waals surface area contributed by atoms with Crippen molar-refractivity contribution in [3.63, 3.8) is 0 Å². The van der Waals surface area contributed by atoms with Gasteiger partial charge in [-0.1, -0.05) is 6.92 Å². The summed E-state index contributed by atoms with van der Waals surface area (Å²) < 4.78 is 0. The molecule has 2 aliphatic heterocycles. The maximum absolute atomic E-state index is 4.43. The van der Waals surface area contributed by atoms with E-state index < -0.39 is 0 Å². The fourth-order valence-corrected chi connectivity index (χ4v) is 2.49. The Morgan fingerprint density at radius 2 is 2.50 bits per heavy atom. The first-order valence-corrected chi connectivity index (χ1v) is 6.63. The molecule has 0 bridgehead atoms. The highest BCUT2D eigenvalue weighted by atomic mass is 15.2. The fraction of sp³-hybridized carbons (Fsp3) is 0.917. The van der Waals surface area contributed by atoms with Gasteiger partial charge in [0.1, 0.15) is 0 Å². The van der Waals surface area contributed by atoms with Crippen molar-refractivity contribution >= 4 is 5.96 Å². The van der Waals surface area contributed by atoms with Crippen LogP contribution in [0.25, 0.3) is 0 Å². The van der Waals surface area contributed by atoms with Crippen LogP contribution in [0.5, 0.6) is 0 Å². The molecule has 0 aromatic carbocycles. The van der Waals surface area contributed by atoms with Crippen LogP contribution in [0.4, 0.5) is 0 Å². The molecular formula is C12H24N4. The first-order chi connectivity index (χ1) is 7.88. The third-order valence-electron chi connectivity index (χ3n) is 3.37. The van der Waals surface area contributed by atoms with Crippen molar-refractivity contribution in [2.45, 2.75) is 26.2 Å². The van der Waals surface area contributed by atoms with Gasteiger partial charge in [-0.2, -0.15) is 0 Å². The number of hydrogen-bond acceptors (Lipinski definition) is 4. The summed E-state index contributed by atoms with van der Waals surface area (Å²) in [7, 11) is 0. The molecule has 0 saturated carbocycles. The van der Waals surface area contributed by atoms with Crippen LogP contribution >= 0.6 is 0 Å². The molecule has 4 nitrogen and oxygen atoms in total. The van der Waals surface area contributed by atoms with E-state index in [0.717, 1.165) is 31.5 Å². The summed E-state index contributed by atoms with van der Waals surface area (Å²) in [5.74, 6) is 1.82.